The number of ether oxygens (including phenoxy) is 1. The molecule has 2 unspecified atom stereocenters. The first-order valence-corrected chi connectivity index (χ1v) is 7.91. The van der Waals surface area contributed by atoms with Gasteiger partial charge in [-0.3, -0.25) is 4.79 Å². The Kier molecular flexibility index (Phi) is 4.91. The van der Waals surface area contributed by atoms with E-state index in [0.717, 1.165) is 12.0 Å². The van der Waals surface area contributed by atoms with Gasteiger partial charge in [-0.05, 0) is 23.1 Å². The lowest BCUT2D eigenvalue weighted by Crippen LogP contribution is -2.35. The number of rotatable bonds is 5. The van der Waals surface area contributed by atoms with Gasteiger partial charge in [0, 0.05) is 0 Å². The fraction of sp³-hybridized carbons (Fsp3) is 0.263. The number of aliphatic carboxylic acids is 1. The SMILES string of the molecule is O=C(CC1OCCc2ccccc21)NC(C(=O)O)c1ccccc1. The molecule has 0 bridgehead atoms. The fourth-order valence-electron chi connectivity index (χ4n) is 2.97. The van der Waals surface area contributed by atoms with Crippen molar-refractivity contribution in [2.24, 2.45) is 0 Å². The lowest BCUT2D eigenvalue weighted by Gasteiger charge is -2.26. The predicted molar refractivity (Wildman–Crippen MR) is 88.4 cm³/mol. The van der Waals surface area contributed by atoms with Crippen LogP contribution in [-0.4, -0.2) is 23.6 Å². The molecule has 1 aliphatic heterocycles. The van der Waals surface area contributed by atoms with Crippen molar-refractivity contribution in [2.75, 3.05) is 6.61 Å². The smallest absolute Gasteiger partial charge is 0.330 e. The normalized spacial score (nSPS) is 17.6. The molecular weight excluding hydrogens is 306 g/mol. The third kappa shape index (κ3) is 3.63. The van der Waals surface area contributed by atoms with Gasteiger partial charge in [0.15, 0.2) is 6.04 Å². The lowest BCUT2D eigenvalue weighted by molar-refractivity contribution is -0.142. The predicted octanol–water partition coefficient (Wildman–Crippen LogP) is 2.63. The number of carboxylic acids is 1. The summed E-state index contributed by atoms with van der Waals surface area (Å²) in [5, 5.41) is 12.0. The molecular formula is C19H19NO4. The molecule has 0 saturated heterocycles. The van der Waals surface area contributed by atoms with Gasteiger partial charge in [0.05, 0.1) is 19.1 Å². The summed E-state index contributed by atoms with van der Waals surface area (Å²) in [6.45, 7) is 0.565. The number of carboxylic acid groups (broad SMARTS) is 1. The van der Waals surface area contributed by atoms with Crippen LogP contribution in [0.25, 0.3) is 0 Å². The van der Waals surface area contributed by atoms with Crippen LogP contribution in [0.3, 0.4) is 0 Å². The number of carbonyl (C=O) groups excluding carboxylic acids is 1. The first-order valence-electron chi connectivity index (χ1n) is 7.91. The minimum Gasteiger partial charge on any atom is -0.479 e. The molecule has 1 amide bonds. The number of amides is 1. The molecule has 2 aromatic carbocycles. The Balaban J connectivity index is 1.70. The molecule has 124 valence electrons. The fourth-order valence-corrected chi connectivity index (χ4v) is 2.97. The quantitative estimate of drug-likeness (QED) is 0.886. The first kappa shape index (κ1) is 16.2. The van der Waals surface area contributed by atoms with Gasteiger partial charge in [-0.25, -0.2) is 4.79 Å². The highest BCUT2D eigenvalue weighted by molar-refractivity contribution is 5.84. The lowest BCUT2D eigenvalue weighted by atomic mass is 9.95. The first-order chi connectivity index (χ1) is 11.6. The van der Waals surface area contributed by atoms with Gasteiger partial charge in [-0.2, -0.15) is 0 Å². The summed E-state index contributed by atoms with van der Waals surface area (Å²) in [5.41, 5.74) is 2.73. The molecule has 2 aromatic rings. The maximum absolute atomic E-state index is 12.4. The van der Waals surface area contributed by atoms with E-state index < -0.39 is 12.0 Å². The van der Waals surface area contributed by atoms with Gasteiger partial charge in [0.1, 0.15) is 0 Å². The minimum absolute atomic E-state index is 0.105. The van der Waals surface area contributed by atoms with E-state index in [1.807, 2.05) is 24.3 Å². The van der Waals surface area contributed by atoms with Crippen molar-refractivity contribution >= 4 is 11.9 Å². The molecule has 1 aliphatic rings. The Morgan fingerprint density at radius 1 is 1.12 bits per heavy atom. The van der Waals surface area contributed by atoms with Crippen LogP contribution in [0, 0.1) is 0 Å². The Hall–Kier alpha value is -2.66. The third-order valence-electron chi connectivity index (χ3n) is 4.15. The maximum atomic E-state index is 12.4. The highest BCUT2D eigenvalue weighted by Crippen LogP contribution is 2.29. The van der Waals surface area contributed by atoms with Crippen molar-refractivity contribution in [2.45, 2.75) is 25.0 Å². The standard InChI is InChI=1S/C19H19NO4/c21-17(20-18(19(22)23)14-7-2-1-3-8-14)12-16-15-9-5-4-6-13(15)10-11-24-16/h1-9,16,18H,10-12H2,(H,20,21)(H,22,23). The van der Waals surface area contributed by atoms with E-state index >= 15 is 0 Å². The Morgan fingerprint density at radius 2 is 1.83 bits per heavy atom. The molecule has 0 aromatic heterocycles. The van der Waals surface area contributed by atoms with Crippen LogP contribution in [0.4, 0.5) is 0 Å². The van der Waals surface area contributed by atoms with E-state index in [2.05, 4.69) is 5.32 Å². The zero-order valence-corrected chi connectivity index (χ0v) is 13.1. The Morgan fingerprint density at radius 3 is 2.58 bits per heavy atom. The molecule has 0 fully saturated rings. The molecule has 0 radical (unpaired) electrons. The molecule has 5 nitrogen and oxygen atoms in total. The summed E-state index contributed by atoms with van der Waals surface area (Å²) in [7, 11) is 0. The van der Waals surface area contributed by atoms with Gasteiger partial charge in [0.2, 0.25) is 5.91 Å². The second-order valence-corrected chi connectivity index (χ2v) is 5.76. The van der Waals surface area contributed by atoms with Crippen LogP contribution in [0.2, 0.25) is 0 Å². The van der Waals surface area contributed by atoms with Crippen molar-refractivity contribution in [3.63, 3.8) is 0 Å². The van der Waals surface area contributed by atoms with Gasteiger partial charge in [0.25, 0.3) is 0 Å². The summed E-state index contributed by atoms with van der Waals surface area (Å²) in [4.78, 5) is 23.8. The highest BCUT2D eigenvalue weighted by atomic mass is 16.5. The topological polar surface area (TPSA) is 75.6 Å². The van der Waals surface area contributed by atoms with Crippen molar-refractivity contribution in [3.05, 3.63) is 71.3 Å². The van der Waals surface area contributed by atoms with Crippen LogP contribution in [0.5, 0.6) is 0 Å². The number of benzene rings is 2. The van der Waals surface area contributed by atoms with E-state index in [0.29, 0.717) is 12.2 Å². The van der Waals surface area contributed by atoms with Crippen molar-refractivity contribution < 1.29 is 19.4 Å². The van der Waals surface area contributed by atoms with Crippen molar-refractivity contribution in [1.29, 1.82) is 0 Å². The monoisotopic (exact) mass is 325 g/mol. The van der Waals surface area contributed by atoms with Crippen molar-refractivity contribution in [3.8, 4) is 0 Å². The number of hydrogen-bond acceptors (Lipinski definition) is 3. The van der Waals surface area contributed by atoms with E-state index in [-0.39, 0.29) is 18.4 Å². The number of hydrogen-bond donors (Lipinski definition) is 2. The van der Waals surface area contributed by atoms with Crippen LogP contribution in [0.1, 0.15) is 35.3 Å². The maximum Gasteiger partial charge on any atom is 0.330 e. The third-order valence-corrected chi connectivity index (χ3v) is 4.15. The molecule has 0 aliphatic carbocycles. The number of nitrogens with one attached hydrogen (secondary N) is 1. The summed E-state index contributed by atoms with van der Waals surface area (Å²) in [6.07, 6.45) is 0.601. The average molecular weight is 325 g/mol. The molecule has 0 saturated carbocycles. The van der Waals surface area contributed by atoms with Gasteiger partial charge in [-0.15, -0.1) is 0 Å². The molecule has 2 N–H and O–H groups in total. The summed E-state index contributed by atoms with van der Waals surface area (Å²) in [5.74, 6) is -1.42. The zero-order chi connectivity index (χ0) is 16.9. The average Bonchev–Trinajstić information content (AvgIpc) is 2.60. The second kappa shape index (κ2) is 7.27. The van der Waals surface area contributed by atoms with Crippen LogP contribution in [-0.2, 0) is 20.7 Å². The van der Waals surface area contributed by atoms with E-state index in [4.69, 9.17) is 4.74 Å². The van der Waals surface area contributed by atoms with Gasteiger partial charge < -0.3 is 15.2 Å². The van der Waals surface area contributed by atoms with Crippen molar-refractivity contribution in [1.82, 2.24) is 5.32 Å². The second-order valence-electron chi connectivity index (χ2n) is 5.76. The van der Waals surface area contributed by atoms with Crippen LogP contribution >= 0.6 is 0 Å². The molecule has 2 atom stereocenters. The summed E-state index contributed by atoms with van der Waals surface area (Å²) in [6, 6.07) is 15.5. The number of carbonyl (C=O) groups is 2. The number of fused-ring (bicyclic) bond motifs is 1. The van der Waals surface area contributed by atoms with Crippen LogP contribution < -0.4 is 5.32 Å². The molecule has 0 spiro atoms. The minimum atomic E-state index is -1.08. The molecule has 3 rings (SSSR count). The molecule has 24 heavy (non-hydrogen) atoms. The zero-order valence-electron chi connectivity index (χ0n) is 13.1. The molecule has 5 heteroatoms. The van der Waals surface area contributed by atoms with E-state index in [1.54, 1.807) is 30.3 Å². The van der Waals surface area contributed by atoms with E-state index in [1.165, 1.54) is 5.56 Å². The summed E-state index contributed by atoms with van der Waals surface area (Å²) < 4.78 is 5.71. The Bertz CT molecular complexity index is 729. The summed E-state index contributed by atoms with van der Waals surface area (Å²) >= 11 is 0. The van der Waals surface area contributed by atoms with Crippen LogP contribution in [0.15, 0.2) is 54.6 Å². The Labute approximate surface area is 140 Å². The van der Waals surface area contributed by atoms with E-state index in [9.17, 15) is 14.7 Å². The largest absolute Gasteiger partial charge is 0.479 e. The highest BCUT2D eigenvalue weighted by Gasteiger charge is 2.26. The molecule has 1 heterocycles. The van der Waals surface area contributed by atoms with Gasteiger partial charge in [-0.1, -0.05) is 54.6 Å². The van der Waals surface area contributed by atoms with Gasteiger partial charge >= 0.3 is 5.97 Å².